The van der Waals surface area contributed by atoms with Crippen LogP contribution in [0.25, 0.3) is 0 Å². The third-order valence-electron chi connectivity index (χ3n) is 1.83. The molecule has 0 aromatic rings. The van der Waals surface area contributed by atoms with Crippen LogP contribution < -0.4 is 0 Å². The lowest BCUT2D eigenvalue weighted by Crippen LogP contribution is -2.54. The molecule has 0 rings (SSSR count). The lowest BCUT2D eigenvalue weighted by molar-refractivity contribution is -0.00660. The Kier molecular flexibility index (Phi) is 12.7. The normalized spacial score (nSPS) is 14.5. The Labute approximate surface area is 123 Å². The summed E-state index contributed by atoms with van der Waals surface area (Å²) in [7, 11) is -5.85. The zero-order chi connectivity index (χ0) is 14.6. The van der Waals surface area contributed by atoms with E-state index in [1.54, 1.807) is 0 Å². The van der Waals surface area contributed by atoms with E-state index in [1.807, 2.05) is 27.7 Å². The summed E-state index contributed by atoms with van der Waals surface area (Å²) in [5.74, 6) is 0. The van der Waals surface area contributed by atoms with Crippen molar-refractivity contribution < 1.29 is 30.0 Å². The van der Waals surface area contributed by atoms with Crippen LogP contribution in [0.4, 0.5) is 0 Å². The van der Waals surface area contributed by atoms with Gasteiger partial charge in [-0.15, -0.1) is 0 Å². The van der Waals surface area contributed by atoms with E-state index in [2.05, 4.69) is 0 Å². The molecular weight excluding hydrogens is 320 g/mol. The Balaban J connectivity index is 4.68. The van der Waals surface area contributed by atoms with Crippen molar-refractivity contribution in [1.82, 2.24) is 0 Å². The third kappa shape index (κ3) is 8.46. The fourth-order valence-corrected chi connectivity index (χ4v) is 8.35. The second-order valence-electron chi connectivity index (χ2n) is 3.23. The molecule has 0 aromatic carbocycles. The van der Waals surface area contributed by atoms with Gasteiger partial charge in [-0.05, 0) is 27.7 Å². The number of hydrogen-bond acceptors (Lipinski definition) is 7. The second kappa shape index (κ2) is 12.3. The predicted octanol–water partition coefficient (Wildman–Crippen LogP) is -1.39. The lowest BCUT2D eigenvalue weighted by atomic mass is 10.9. The zero-order valence-corrected chi connectivity index (χ0v) is 18.0. The molecule has 0 amide bonds. The van der Waals surface area contributed by atoms with Gasteiger partial charge in [0.15, 0.2) is 0 Å². The molecule has 0 heterocycles. The van der Waals surface area contributed by atoms with Crippen molar-refractivity contribution in [2.24, 2.45) is 0 Å². The highest BCUT2D eigenvalue weighted by Gasteiger charge is 2.48. The standard InChI is InChI=1S/C8H26O7Si4/c1-5-9-18(14-17-13-16)15-19(10-6-2,11-7-3)12-8-4/h18H,5-8,17H2,1-4,16H3. The van der Waals surface area contributed by atoms with Gasteiger partial charge >= 0.3 is 18.6 Å². The maximum atomic E-state index is 5.84. The predicted molar refractivity (Wildman–Crippen MR) is 81.1 cm³/mol. The minimum absolute atomic E-state index is 0.452. The van der Waals surface area contributed by atoms with Gasteiger partial charge in [-0.25, -0.2) is 0 Å². The molecule has 0 aliphatic rings. The first-order chi connectivity index (χ1) is 9.17. The Morgan fingerprint density at radius 3 is 1.84 bits per heavy atom. The smallest absolute Gasteiger partial charge is 0.449 e. The third-order valence-corrected chi connectivity index (χ3v) is 8.86. The fraction of sp³-hybridized carbons (Fsp3) is 1.00. The van der Waals surface area contributed by atoms with Crippen molar-refractivity contribution >= 4 is 39.1 Å². The van der Waals surface area contributed by atoms with Crippen LogP contribution in [0, 0.1) is 0 Å². The minimum Gasteiger partial charge on any atom is -0.449 e. The van der Waals surface area contributed by atoms with Gasteiger partial charge in [0, 0.05) is 26.4 Å². The van der Waals surface area contributed by atoms with E-state index in [1.165, 1.54) is 0 Å². The van der Waals surface area contributed by atoms with Gasteiger partial charge in [0.05, 0.1) is 0 Å². The van der Waals surface area contributed by atoms with Crippen LogP contribution in [0.1, 0.15) is 27.7 Å². The van der Waals surface area contributed by atoms with Gasteiger partial charge in [0.1, 0.15) is 10.5 Å². The quantitative estimate of drug-likeness (QED) is 0.381. The van der Waals surface area contributed by atoms with E-state index in [-0.39, 0.29) is 0 Å². The van der Waals surface area contributed by atoms with Gasteiger partial charge in [0.2, 0.25) is 0 Å². The summed E-state index contributed by atoms with van der Waals surface area (Å²) in [6, 6.07) is 0. The van der Waals surface area contributed by atoms with Crippen molar-refractivity contribution in [3.05, 3.63) is 0 Å². The zero-order valence-electron chi connectivity index (χ0n) is 12.5. The monoisotopic (exact) mass is 346 g/mol. The molecule has 0 spiro atoms. The number of hydrogen-bond donors (Lipinski definition) is 0. The maximum Gasteiger partial charge on any atom is 0.672 e. The van der Waals surface area contributed by atoms with E-state index in [0.29, 0.717) is 36.9 Å². The first-order valence-electron chi connectivity index (χ1n) is 6.49. The lowest BCUT2D eigenvalue weighted by Gasteiger charge is -2.29. The molecule has 19 heavy (non-hydrogen) atoms. The molecule has 1 unspecified atom stereocenters. The first-order valence-corrected chi connectivity index (χ1v) is 11.5. The topological polar surface area (TPSA) is 64.6 Å². The summed E-state index contributed by atoms with van der Waals surface area (Å²) in [6.07, 6.45) is 0. The molecule has 7 nitrogen and oxygen atoms in total. The van der Waals surface area contributed by atoms with Crippen molar-refractivity contribution in [1.29, 1.82) is 0 Å². The molecule has 0 radical (unpaired) electrons. The van der Waals surface area contributed by atoms with Crippen LogP contribution in [0.3, 0.4) is 0 Å². The summed E-state index contributed by atoms with van der Waals surface area (Å²) in [5, 5.41) is 0. The second-order valence-corrected chi connectivity index (χ2v) is 10.8. The maximum absolute atomic E-state index is 5.84. The Morgan fingerprint density at radius 1 is 0.947 bits per heavy atom. The summed E-state index contributed by atoms with van der Waals surface area (Å²) in [5.41, 5.74) is 0. The molecule has 0 N–H and O–H groups in total. The van der Waals surface area contributed by atoms with Crippen LogP contribution >= 0.6 is 0 Å². The average Bonchev–Trinajstić information content (AvgIpc) is 2.37. The molecule has 1 atom stereocenters. The molecule has 0 saturated heterocycles. The highest BCUT2D eigenvalue weighted by molar-refractivity contribution is 6.63. The van der Waals surface area contributed by atoms with Crippen LogP contribution in [0.2, 0.25) is 0 Å². The van der Waals surface area contributed by atoms with E-state index in [0.717, 1.165) is 0 Å². The van der Waals surface area contributed by atoms with E-state index in [4.69, 9.17) is 30.0 Å². The summed E-state index contributed by atoms with van der Waals surface area (Å²) < 4.78 is 38.8. The molecule has 116 valence electrons. The molecule has 0 fully saturated rings. The van der Waals surface area contributed by atoms with Crippen molar-refractivity contribution in [3.8, 4) is 0 Å². The molecule has 0 bridgehead atoms. The Morgan fingerprint density at radius 2 is 1.47 bits per heavy atom. The number of rotatable bonds is 13. The van der Waals surface area contributed by atoms with Gasteiger partial charge in [0.25, 0.3) is 10.0 Å². The summed E-state index contributed by atoms with van der Waals surface area (Å²) in [4.78, 5) is 0. The molecule has 11 heteroatoms. The van der Waals surface area contributed by atoms with Crippen LogP contribution in [-0.4, -0.2) is 65.5 Å². The van der Waals surface area contributed by atoms with Crippen LogP contribution in [-0.2, 0) is 30.0 Å². The summed E-state index contributed by atoms with van der Waals surface area (Å²) >= 11 is 0. The molecular formula is C8H26O7Si4. The van der Waals surface area contributed by atoms with Crippen molar-refractivity contribution in [2.75, 3.05) is 26.4 Å². The van der Waals surface area contributed by atoms with E-state index in [9.17, 15) is 0 Å². The molecule has 0 aromatic heterocycles. The van der Waals surface area contributed by atoms with Gasteiger partial charge in [-0.2, -0.15) is 0 Å². The van der Waals surface area contributed by atoms with Gasteiger partial charge in [-0.1, -0.05) is 0 Å². The highest BCUT2D eigenvalue weighted by Crippen LogP contribution is 2.14. The molecule has 0 aliphatic carbocycles. The van der Waals surface area contributed by atoms with Crippen LogP contribution in [0.15, 0.2) is 0 Å². The van der Waals surface area contributed by atoms with E-state index < -0.39 is 28.6 Å². The van der Waals surface area contributed by atoms with Crippen molar-refractivity contribution in [2.45, 2.75) is 27.7 Å². The SMILES string of the molecule is CCO[SiH](O[SiH2]O[SiH3])O[Si](OCC)(OCC)OCC. The fourth-order valence-electron chi connectivity index (χ4n) is 1.25. The highest BCUT2D eigenvalue weighted by atomic mass is 28.5. The largest absolute Gasteiger partial charge is 0.672 e. The summed E-state index contributed by atoms with van der Waals surface area (Å²) in [6.45, 7) is 9.38. The molecule has 0 saturated carbocycles. The average molecular weight is 347 g/mol. The van der Waals surface area contributed by atoms with Crippen molar-refractivity contribution in [3.63, 3.8) is 0 Å². The van der Waals surface area contributed by atoms with Crippen LogP contribution in [0.5, 0.6) is 0 Å². The minimum atomic E-state index is -3.16. The molecule has 0 aliphatic heterocycles. The Hall–Kier alpha value is 0.588. The first kappa shape index (κ1) is 19.6. The van der Waals surface area contributed by atoms with E-state index >= 15 is 0 Å². The Bertz CT molecular complexity index is 195. The van der Waals surface area contributed by atoms with Gasteiger partial charge < -0.3 is 30.0 Å². The van der Waals surface area contributed by atoms with Gasteiger partial charge in [-0.3, -0.25) is 0 Å².